The second-order valence-electron chi connectivity index (χ2n) is 7.18. The van der Waals surface area contributed by atoms with Gasteiger partial charge in [-0.05, 0) is 6.07 Å². The fraction of sp³-hybridized carbons (Fsp3) is 0.294. The number of rotatable bonds is 5. The van der Waals surface area contributed by atoms with Crippen LogP contribution in [0.15, 0.2) is 21.7 Å². The fourth-order valence-electron chi connectivity index (χ4n) is 2.85. The van der Waals surface area contributed by atoms with E-state index in [0.29, 0.717) is 13.1 Å². The molecule has 0 saturated carbocycles. The van der Waals surface area contributed by atoms with Crippen molar-refractivity contribution >= 4 is 36.2 Å². The van der Waals surface area contributed by atoms with Gasteiger partial charge in [0.05, 0.1) is 23.4 Å². The second kappa shape index (κ2) is 10.9. The number of hydrogen-bond acceptors (Lipinski definition) is 6. The van der Waals surface area contributed by atoms with Crippen molar-refractivity contribution in [3.8, 4) is 5.69 Å². The number of nitrogens with zero attached hydrogens (tertiary/aromatic N) is 3. The molecule has 2 aromatic heterocycles. The molecule has 2 heterocycles. The molecule has 0 atom stereocenters. The minimum Gasteiger partial charge on any atom is -0.480 e. The summed E-state index contributed by atoms with van der Waals surface area (Å²) >= 11 is 5.67. The number of halogens is 8. The molecule has 0 aliphatic heterocycles. The predicted molar refractivity (Wildman–Crippen MR) is 114 cm³/mol. The molecule has 0 radical (unpaired) electrons. The fourth-order valence-corrected chi connectivity index (χ4v) is 3.49. The number of carboxylic acid groups (broad SMARTS) is 1. The highest BCUT2D eigenvalue weighted by Gasteiger charge is 2.37. The first-order valence-corrected chi connectivity index (χ1v) is 11.7. The molecule has 3 rings (SSSR count). The number of carbonyl (C=O) groups is 1. The smallest absolute Gasteiger partial charge is 0.449 e. The van der Waals surface area contributed by atoms with Gasteiger partial charge in [-0.15, -0.1) is 0 Å². The van der Waals surface area contributed by atoms with Crippen molar-refractivity contribution in [1.82, 2.24) is 24.4 Å². The molecule has 38 heavy (non-hydrogen) atoms. The zero-order chi connectivity index (χ0) is 29.4. The summed E-state index contributed by atoms with van der Waals surface area (Å²) in [5, 5.41) is 9.49. The number of aromatic amines is 1. The number of carboxylic acids is 1. The van der Waals surface area contributed by atoms with E-state index in [1.807, 2.05) is 0 Å². The number of nitrogens with one attached hydrogen (secondary N) is 2. The third-order valence-electron chi connectivity index (χ3n) is 4.34. The van der Waals surface area contributed by atoms with E-state index < -0.39 is 89.1 Å². The first-order valence-electron chi connectivity index (χ1n) is 9.47. The quantitative estimate of drug-likeness (QED) is 0.217. The van der Waals surface area contributed by atoms with Crippen molar-refractivity contribution < 1.29 is 55.0 Å². The Labute approximate surface area is 209 Å². The SMILES string of the molecule is Cn1c(C(F)(F)F)cc(=O)n(-c2c(F)cc(Cl)c3nc(C(F)(F)F)[nH]c23)c1=O.O=C(O)CNCP(=O)(O)O. The van der Waals surface area contributed by atoms with Crippen LogP contribution in [0.1, 0.15) is 11.5 Å². The van der Waals surface area contributed by atoms with Gasteiger partial charge in [0, 0.05) is 13.1 Å². The van der Waals surface area contributed by atoms with Crippen LogP contribution in [-0.4, -0.2) is 52.8 Å². The average Bonchev–Trinajstić information content (AvgIpc) is 3.17. The summed E-state index contributed by atoms with van der Waals surface area (Å²) in [4.78, 5) is 55.5. The molecule has 0 aliphatic carbocycles. The van der Waals surface area contributed by atoms with Crippen LogP contribution in [0.25, 0.3) is 16.7 Å². The van der Waals surface area contributed by atoms with E-state index in [2.05, 4.69) is 10.3 Å². The summed E-state index contributed by atoms with van der Waals surface area (Å²) in [5.74, 6) is -4.17. The maximum Gasteiger partial charge on any atom is 0.449 e. The first-order chi connectivity index (χ1) is 17.1. The Morgan fingerprint density at radius 3 is 2.21 bits per heavy atom. The van der Waals surface area contributed by atoms with Gasteiger partial charge in [0.15, 0.2) is 5.82 Å². The minimum absolute atomic E-state index is 0.0162. The van der Waals surface area contributed by atoms with E-state index in [4.69, 9.17) is 26.5 Å². The molecule has 0 spiro atoms. The van der Waals surface area contributed by atoms with Crippen LogP contribution in [0.5, 0.6) is 0 Å². The van der Waals surface area contributed by atoms with E-state index in [-0.39, 0.29) is 15.2 Å². The van der Waals surface area contributed by atoms with Gasteiger partial charge in [-0.1, -0.05) is 11.6 Å². The maximum absolute atomic E-state index is 14.5. The highest BCUT2D eigenvalue weighted by atomic mass is 35.5. The number of benzene rings is 1. The van der Waals surface area contributed by atoms with Crippen molar-refractivity contribution in [3.63, 3.8) is 0 Å². The van der Waals surface area contributed by atoms with Gasteiger partial charge in [-0.3, -0.25) is 24.0 Å². The van der Waals surface area contributed by atoms with E-state index >= 15 is 0 Å². The molecule has 12 nitrogen and oxygen atoms in total. The van der Waals surface area contributed by atoms with Gasteiger partial charge in [-0.2, -0.15) is 26.3 Å². The first kappa shape index (κ1) is 31.0. The van der Waals surface area contributed by atoms with Gasteiger partial charge >= 0.3 is 31.6 Å². The highest BCUT2D eigenvalue weighted by Crippen LogP contribution is 2.34. The number of imidazole rings is 1. The summed E-state index contributed by atoms with van der Waals surface area (Å²) in [5.41, 5.74) is -7.31. The summed E-state index contributed by atoms with van der Waals surface area (Å²) in [6, 6.07) is 0.506. The topological polar surface area (TPSA) is 180 Å². The van der Waals surface area contributed by atoms with Gasteiger partial charge in [-0.25, -0.2) is 18.7 Å². The van der Waals surface area contributed by atoms with E-state index in [0.717, 1.165) is 0 Å². The van der Waals surface area contributed by atoms with E-state index in [1.54, 1.807) is 4.98 Å². The number of hydrogen-bond donors (Lipinski definition) is 5. The van der Waals surface area contributed by atoms with Crippen molar-refractivity contribution in [2.24, 2.45) is 7.05 Å². The molecule has 0 bridgehead atoms. The lowest BCUT2D eigenvalue weighted by atomic mass is 10.2. The average molecular weight is 600 g/mol. The van der Waals surface area contributed by atoms with Crippen molar-refractivity contribution in [2.75, 3.05) is 12.8 Å². The molecule has 5 N–H and O–H groups in total. The predicted octanol–water partition coefficient (Wildman–Crippen LogP) is 2.04. The third-order valence-corrected chi connectivity index (χ3v) is 5.27. The Morgan fingerprint density at radius 2 is 1.74 bits per heavy atom. The summed E-state index contributed by atoms with van der Waals surface area (Å²) in [7, 11) is -3.43. The van der Waals surface area contributed by atoms with Crippen LogP contribution < -0.4 is 16.6 Å². The van der Waals surface area contributed by atoms with Gasteiger partial charge in [0.2, 0.25) is 5.82 Å². The molecule has 210 valence electrons. The molecule has 3 aromatic rings. The van der Waals surface area contributed by atoms with Crippen molar-refractivity contribution in [2.45, 2.75) is 12.4 Å². The molecule has 21 heteroatoms. The van der Waals surface area contributed by atoms with Crippen LogP contribution in [0.3, 0.4) is 0 Å². The van der Waals surface area contributed by atoms with E-state index in [9.17, 15) is 49.7 Å². The monoisotopic (exact) mass is 599 g/mol. The molecular weight excluding hydrogens is 586 g/mol. The second-order valence-corrected chi connectivity index (χ2v) is 9.23. The van der Waals surface area contributed by atoms with Crippen LogP contribution in [0, 0.1) is 5.82 Å². The van der Waals surface area contributed by atoms with Crippen molar-refractivity contribution in [1.29, 1.82) is 0 Å². The number of aliphatic carboxylic acids is 1. The number of H-pyrrole nitrogens is 1. The standard InChI is InChI=1S/C14H6ClF7N4O2.C3H8NO5P/c1-25-6(13(17,18)19)3-7(27)26(12(25)28)10-5(16)2-4(15)8-9(10)24-11(23-8)14(20,21)22;5-3(6)1-4-2-10(7,8)9/h2-3H,1H3,(H,23,24);4H,1-2H2,(H,5,6)(H2,7,8,9). The number of aromatic nitrogens is 4. The lowest BCUT2D eigenvalue weighted by Gasteiger charge is -2.14. The van der Waals surface area contributed by atoms with Crippen molar-refractivity contribution in [3.05, 3.63) is 55.3 Å². The van der Waals surface area contributed by atoms with Gasteiger partial charge in [0.25, 0.3) is 5.56 Å². The van der Waals surface area contributed by atoms with Crippen LogP contribution in [0.4, 0.5) is 30.7 Å². The molecular formula is C17H14ClF7N5O7P. The summed E-state index contributed by atoms with van der Waals surface area (Å²) in [6.45, 7) is -0.439. The maximum atomic E-state index is 14.5. The Hall–Kier alpha value is -3.25. The summed E-state index contributed by atoms with van der Waals surface area (Å²) in [6.07, 6.45) is -10.7. The van der Waals surface area contributed by atoms with Crippen LogP contribution >= 0.6 is 19.2 Å². The normalized spacial score (nSPS) is 12.4. The van der Waals surface area contributed by atoms with Crippen LogP contribution in [0.2, 0.25) is 5.02 Å². The molecule has 0 unspecified atom stereocenters. The highest BCUT2D eigenvalue weighted by molar-refractivity contribution is 7.51. The largest absolute Gasteiger partial charge is 0.480 e. The molecule has 0 amide bonds. The zero-order valence-electron chi connectivity index (χ0n) is 18.4. The Balaban J connectivity index is 0.000000432. The Bertz CT molecular complexity index is 1540. The minimum atomic E-state index is -5.07. The van der Waals surface area contributed by atoms with Gasteiger partial charge < -0.3 is 19.9 Å². The Kier molecular flexibility index (Phi) is 8.85. The lowest BCUT2D eigenvalue weighted by molar-refractivity contribution is -0.144. The molecule has 0 fully saturated rings. The number of fused-ring (bicyclic) bond motifs is 1. The molecule has 0 saturated heterocycles. The molecule has 0 aliphatic rings. The molecule has 1 aromatic carbocycles. The van der Waals surface area contributed by atoms with Crippen LogP contribution in [-0.2, 0) is 28.8 Å². The van der Waals surface area contributed by atoms with E-state index in [1.165, 1.54) is 0 Å². The zero-order valence-corrected chi connectivity index (χ0v) is 20.0. The van der Waals surface area contributed by atoms with Gasteiger partial charge in [0.1, 0.15) is 16.9 Å². The third kappa shape index (κ3) is 7.19. The number of alkyl halides is 6. The summed E-state index contributed by atoms with van der Waals surface area (Å²) < 4.78 is 102. The Morgan fingerprint density at radius 1 is 1.16 bits per heavy atom. The lowest BCUT2D eigenvalue weighted by Crippen LogP contribution is -2.41.